The molecule has 2 aliphatic heterocycles. The molecule has 1 aromatic carbocycles. The third-order valence-corrected chi connectivity index (χ3v) is 4.52. The predicted molar refractivity (Wildman–Crippen MR) is 83.9 cm³/mol. The average Bonchev–Trinajstić information content (AvgIpc) is 2.99. The molecule has 0 radical (unpaired) electrons. The van der Waals surface area contributed by atoms with Crippen LogP contribution >= 0.6 is 0 Å². The Hall–Kier alpha value is -2.44. The van der Waals surface area contributed by atoms with Gasteiger partial charge in [0.25, 0.3) is 0 Å². The summed E-state index contributed by atoms with van der Waals surface area (Å²) in [4.78, 5) is 27.4. The van der Waals surface area contributed by atoms with Crippen molar-refractivity contribution in [3.05, 3.63) is 23.3 Å². The minimum absolute atomic E-state index is 0.126. The van der Waals surface area contributed by atoms with Gasteiger partial charge < -0.3 is 19.7 Å². The summed E-state index contributed by atoms with van der Waals surface area (Å²) in [5, 5.41) is 2.66. The number of nitrogens with one attached hydrogen (secondary N) is 1. The van der Waals surface area contributed by atoms with E-state index in [-0.39, 0.29) is 18.1 Å². The zero-order valence-electron chi connectivity index (χ0n) is 13.6. The Morgan fingerprint density at radius 1 is 1.22 bits per heavy atom. The van der Waals surface area contributed by atoms with E-state index in [1.807, 2.05) is 19.1 Å². The van der Waals surface area contributed by atoms with E-state index in [2.05, 4.69) is 5.32 Å². The van der Waals surface area contributed by atoms with Crippen molar-refractivity contribution in [3.63, 3.8) is 0 Å². The number of hydrogen-bond acceptors (Lipinski definition) is 4. The Morgan fingerprint density at radius 2 is 1.91 bits per heavy atom. The molecule has 7 nitrogen and oxygen atoms in total. The van der Waals surface area contributed by atoms with Gasteiger partial charge in [0.15, 0.2) is 11.5 Å². The number of benzene rings is 1. The molecule has 4 amide bonds. The highest BCUT2D eigenvalue weighted by Gasteiger charge is 2.35. The molecular weight excluding hydrogens is 298 g/mol. The van der Waals surface area contributed by atoms with Gasteiger partial charge in [0.05, 0.1) is 20.3 Å². The Morgan fingerprint density at radius 3 is 2.52 bits per heavy atom. The minimum atomic E-state index is -0.319. The number of ether oxygens (including phenoxy) is 2. The molecule has 1 aromatic rings. The first-order valence-electron chi connectivity index (χ1n) is 7.67. The maximum absolute atomic E-state index is 12.6. The zero-order valence-corrected chi connectivity index (χ0v) is 13.6. The lowest BCUT2D eigenvalue weighted by atomic mass is 9.93. The summed E-state index contributed by atoms with van der Waals surface area (Å²) in [6.45, 7) is 3.47. The molecule has 7 heteroatoms. The van der Waals surface area contributed by atoms with Gasteiger partial charge >= 0.3 is 12.1 Å². The van der Waals surface area contributed by atoms with Crippen LogP contribution in [0.3, 0.4) is 0 Å². The van der Waals surface area contributed by atoms with Crippen molar-refractivity contribution in [2.75, 3.05) is 33.9 Å². The first-order chi connectivity index (χ1) is 11.1. The van der Waals surface area contributed by atoms with Gasteiger partial charge in [-0.25, -0.2) is 14.5 Å². The summed E-state index contributed by atoms with van der Waals surface area (Å²) in [7, 11) is 3.20. The standard InChI is InChI=1S/C16H21N3O4/c1-10-12-9-14(23-3)13(22-2)8-11(12)4-6-18(10)16(21)19-7-5-17-15(19)20/h8-10H,4-7H2,1-3H3,(H,17,20). The molecule has 2 aliphatic rings. The predicted octanol–water partition coefficient (Wildman–Crippen LogP) is 1.77. The van der Waals surface area contributed by atoms with Crippen LogP contribution in [0.2, 0.25) is 0 Å². The molecule has 0 bridgehead atoms. The fourth-order valence-electron chi connectivity index (χ4n) is 3.22. The van der Waals surface area contributed by atoms with Gasteiger partial charge in [-0.1, -0.05) is 0 Å². The number of imide groups is 1. The Bertz CT molecular complexity index is 646. The quantitative estimate of drug-likeness (QED) is 0.902. The minimum Gasteiger partial charge on any atom is -0.493 e. The van der Waals surface area contributed by atoms with Crippen LogP contribution in [0.1, 0.15) is 24.1 Å². The van der Waals surface area contributed by atoms with Crippen molar-refractivity contribution in [2.24, 2.45) is 0 Å². The van der Waals surface area contributed by atoms with Crippen LogP contribution in [0.15, 0.2) is 12.1 Å². The van der Waals surface area contributed by atoms with Crippen molar-refractivity contribution in [1.82, 2.24) is 15.1 Å². The summed E-state index contributed by atoms with van der Waals surface area (Å²) in [5.41, 5.74) is 2.17. The molecule has 0 aromatic heterocycles. The monoisotopic (exact) mass is 319 g/mol. The van der Waals surface area contributed by atoms with E-state index < -0.39 is 0 Å². The number of carbonyl (C=O) groups is 2. The van der Waals surface area contributed by atoms with Gasteiger partial charge in [-0.3, -0.25) is 0 Å². The average molecular weight is 319 g/mol. The van der Waals surface area contributed by atoms with Crippen LogP contribution < -0.4 is 14.8 Å². The molecule has 23 heavy (non-hydrogen) atoms. The summed E-state index contributed by atoms with van der Waals surface area (Å²) in [5.74, 6) is 1.34. The highest BCUT2D eigenvalue weighted by Crippen LogP contribution is 2.38. The van der Waals surface area contributed by atoms with Crippen molar-refractivity contribution < 1.29 is 19.1 Å². The van der Waals surface area contributed by atoms with E-state index in [4.69, 9.17) is 9.47 Å². The maximum atomic E-state index is 12.6. The second kappa shape index (κ2) is 5.98. The van der Waals surface area contributed by atoms with Crippen molar-refractivity contribution in [1.29, 1.82) is 0 Å². The third-order valence-electron chi connectivity index (χ3n) is 4.52. The van der Waals surface area contributed by atoms with Crippen LogP contribution in [0, 0.1) is 0 Å². The first-order valence-corrected chi connectivity index (χ1v) is 7.67. The fraction of sp³-hybridized carbons (Fsp3) is 0.500. The Balaban J connectivity index is 1.89. The van der Waals surface area contributed by atoms with Gasteiger partial charge in [-0.2, -0.15) is 0 Å². The van der Waals surface area contributed by atoms with Gasteiger partial charge in [0.1, 0.15) is 0 Å². The number of methoxy groups -OCH3 is 2. The number of nitrogens with zero attached hydrogens (tertiary/aromatic N) is 2. The first kappa shape index (κ1) is 15.5. The molecule has 1 fully saturated rings. The lowest BCUT2D eigenvalue weighted by molar-refractivity contribution is 0.145. The SMILES string of the molecule is COc1cc2c(cc1OC)C(C)N(C(=O)N1CCNC1=O)CC2. The van der Waals surface area contributed by atoms with Crippen LogP contribution in [-0.2, 0) is 6.42 Å². The van der Waals surface area contributed by atoms with Gasteiger partial charge in [-0.05, 0) is 36.6 Å². The maximum Gasteiger partial charge on any atom is 0.328 e. The molecule has 1 N–H and O–H groups in total. The van der Waals surface area contributed by atoms with Gasteiger partial charge in [0.2, 0.25) is 0 Å². The van der Waals surface area contributed by atoms with Crippen LogP contribution in [0.25, 0.3) is 0 Å². The molecule has 3 rings (SSSR count). The van der Waals surface area contributed by atoms with E-state index in [1.165, 1.54) is 4.90 Å². The summed E-state index contributed by atoms with van der Waals surface area (Å²) < 4.78 is 10.7. The lowest BCUT2D eigenvalue weighted by Crippen LogP contribution is -2.48. The molecule has 124 valence electrons. The number of hydrogen-bond donors (Lipinski definition) is 1. The molecule has 1 saturated heterocycles. The van der Waals surface area contributed by atoms with E-state index in [0.29, 0.717) is 31.1 Å². The summed E-state index contributed by atoms with van der Waals surface area (Å²) in [6, 6.07) is 3.20. The second-order valence-corrected chi connectivity index (χ2v) is 5.69. The van der Waals surface area contributed by atoms with Crippen molar-refractivity contribution >= 4 is 12.1 Å². The largest absolute Gasteiger partial charge is 0.493 e. The molecule has 1 atom stereocenters. The number of rotatable bonds is 2. The molecular formula is C16H21N3O4. The summed E-state index contributed by atoms with van der Waals surface area (Å²) in [6.07, 6.45) is 0.723. The molecule has 1 unspecified atom stereocenters. The highest BCUT2D eigenvalue weighted by molar-refractivity contribution is 5.95. The van der Waals surface area contributed by atoms with Gasteiger partial charge in [-0.15, -0.1) is 0 Å². The van der Waals surface area contributed by atoms with Crippen LogP contribution in [0.4, 0.5) is 9.59 Å². The van der Waals surface area contributed by atoms with E-state index in [1.54, 1.807) is 19.1 Å². The van der Waals surface area contributed by atoms with Crippen molar-refractivity contribution in [3.8, 4) is 11.5 Å². The van der Waals surface area contributed by atoms with Gasteiger partial charge in [0, 0.05) is 19.6 Å². The Kier molecular flexibility index (Phi) is 4.02. The third kappa shape index (κ3) is 2.56. The number of carbonyl (C=O) groups excluding carboxylic acids is 2. The molecule has 0 spiro atoms. The highest BCUT2D eigenvalue weighted by atomic mass is 16.5. The smallest absolute Gasteiger partial charge is 0.328 e. The van der Waals surface area contributed by atoms with Crippen molar-refractivity contribution in [2.45, 2.75) is 19.4 Å². The normalized spacial score (nSPS) is 20.1. The zero-order chi connectivity index (χ0) is 16.6. The van der Waals surface area contributed by atoms with E-state index in [9.17, 15) is 9.59 Å². The lowest BCUT2D eigenvalue weighted by Gasteiger charge is -2.37. The molecule has 0 aliphatic carbocycles. The Labute approximate surface area is 135 Å². The van der Waals surface area contributed by atoms with Crippen LogP contribution in [0.5, 0.6) is 11.5 Å². The number of amides is 4. The summed E-state index contributed by atoms with van der Waals surface area (Å²) >= 11 is 0. The van der Waals surface area contributed by atoms with Crippen LogP contribution in [-0.4, -0.2) is 55.7 Å². The number of fused-ring (bicyclic) bond motifs is 1. The van der Waals surface area contributed by atoms with E-state index >= 15 is 0 Å². The number of urea groups is 2. The fourth-order valence-corrected chi connectivity index (χ4v) is 3.22. The second-order valence-electron chi connectivity index (χ2n) is 5.69. The topological polar surface area (TPSA) is 71.1 Å². The molecule has 0 saturated carbocycles. The van der Waals surface area contributed by atoms with E-state index in [0.717, 1.165) is 17.5 Å². The molecule has 2 heterocycles.